The maximum Gasteiger partial charge on any atom is 0.387 e. The predicted molar refractivity (Wildman–Crippen MR) is 82.8 cm³/mol. The maximum absolute atomic E-state index is 12.6. The van der Waals surface area contributed by atoms with Crippen LogP contribution in [0.5, 0.6) is 11.5 Å². The van der Waals surface area contributed by atoms with Gasteiger partial charge in [-0.15, -0.1) is 10.2 Å². The third kappa shape index (κ3) is 4.48. The molecular formula is C14H15F2N5O3. The Labute approximate surface area is 135 Å². The summed E-state index contributed by atoms with van der Waals surface area (Å²) in [5.41, 5.74) is 2.51. The standard InChI is InChI=1S/C14H15F2N5O3/c1-3-23-10-6-4-5-9(11(10)24-13(15)16)7-17-20-14-18-12(22)8(2)19-21-14/h4-7,13H,3H2,1-2H3,(H2,18,20,21,22)/b17-7-. The number of nitrogens with one attached hydrogen (secondary N) is 2. The van der Waals surface area contributed by atoms with E-state index in [0.29, 0.717) is 6.61 Å². The van der Waals surface area contributed by atoms with Gasteiger partial charge in [0.2, 0.25) is 5.95 Å². The van der Waals surface area contributed by atoms with E-state index in [9.17, 15) is 13.6 Å². The number of aryl methyl sites for hydroxylation is 1. The highest BCUT2D eigenvalue weighted by Crippen LogP contribution is 2.31. The van der Waals surface area contributed by atoms with Crippen molar-refractivity contribution in [2.75, 3.05) is 12.0 Å². The number of H-pyrrole nitrogens is 1. The van der Waals surface area contributed by atoms with Crippen LogP contribution in [-0.2, 0) is 0 Å². The normalized spacial score (nSPS) is 11.0. The monoisotopic (exact) mass is 339 g/mol. The first-order chi connectivity index (χ1) is 11.5. The Morgan fingerprint density at radius 3 is 2.88 bits per heavy atom. The number of hydrogen-bond donors (Lipinski definition) is 2. The molecule has 0 aliphatic rings. The smallest absolute Gasteiger partial charge is 0.387 e. The summed E-state index contributed by atoms with van der Waals surface area (Å²) in [5.74, 6) is 0.0489. The van der Waals surface area contributed by atoms with Crippen molar-refractivity contribution in [3.63, 3.8) is 0 Å². The molecule has 1 aromatic carbocycles. The molecule has 1 aromatic heterocycles. The largest absolute Gasteiger partial charge is 0.490 e. The van der Waals surface area contributed by atoms with Crippen molar-refractivity contribution >= 4 is 12.2 Å². The van der Waals surface area contributed by atoms with E-state index < -0.39 is 12.2 Å². The molecule has 0 bridgehead atoms. The zero-order valence-corrected chi connectivity index (χ0v) is 12.9. The molecule has 24 heavy (non-hydrogen) atoms. The van der Waals surface area contributed by atoms with Gasteiger partial charge in [0.05, 0.1) is 12.8 Å². The van der Waals surface area contributed by atoms with E-state index in [0.717, 1.165) is 0 Å². The number of aromatic nitrogens is 3. The van der Waals surface area contributed by atoms with Crippen LogP contribution in [0.1, 0.15) is 18.2 Å². The number of hydrogen-bond acceptors (Lipinski definition) is 7. The average molecular weight is 339 g/mol. The van der Waals surface area contributed by atoms with Gasteiger partial charge in [-0.3, -0.25) is 9.78 Å². The lowest BCUT2D eigenvalue weighted by atomic mass is 10.2. The molecule has 1 heterocycles. The predicted octanol–water partition coefficient (Wildman–Crippen LogP) is 1.92. The number of hydrazone groups is 1. The molecule has 0 atom stereocenters. The van der Waals surface area contributed by atoms with E-state index in [2.05, 4.69) is 30.4 Å². The molecule has 8 nitrogen and oxygen atoms in total. The second kappa shape index (κ2) is 7.99. The Hall–Kier alpha value is -3.04. The molecule has 0 unspecified atom stereocenters. The van der Waals surface area contributed by atoms with Crippen molar-refractivity contribution in [2.24, 2.45) is 5.10 Å². The van der Waals surface area contributed by atoms with Crippen LogP contribution < -0.4 is 20.5 Å². The van der Waals surface area contributed by atoms with Gasteiger partial charge in [0.1, 0.15) is 5.69 Å². The summed E-state index contributed by atoms with van der Waals surface area (Å²) < 4.78 is 35.0. The number of alkyl halides is 2. The highest BCUT2D eigenvalue weighted by atomic mass is 19.3. The van der Waals surface area contributed by atoms with Gasteiger partial charge in [-0.1, -0.05) is 6.07 Å². The van der Waals surface area contributed by atoms with Gasteiger partial charge in [-0.05, 0) is 26.0 Å². The highest BCUT2D eigenvalue weighted by molar-refractivity contribution is 5.85. The summed E-state index contributed by atoms with van der Waals surface area (Å²) in [5, 5.41) is 11.1. The molecule has 0 saturated heterocycles. The van der Waals surface area contributed by atoms with Gasteiger partial charge < -0.3 is 9.47 Å². The van der Waals surface area contributed by atoms with E-state index in [1.165, 1.54) is 25.3 Å². The molecule has 2 aromatic rings. The Morgan fingerprint density at radius 2 is 2.21 bits per heavy atom. The van der Waals surface area contributed by atoms with Crippen molar-refractivity contribution in [2.45, 2.75) is 20.5 Å². The van der Waals surface area contributed by atoms with Crippen LogP contribution in [0.15, 0.2) is 28.1 Å². The van der Waals surface area contributed by atoms with Gasteiger partial charge in [0, 0.05) is 5.56 Å². The number of aromatic amines is 1. The SMILES string of the molecule is CCOc1cccc(/C=N\Nc2nnc(C)c(=O)[nH]2)c1OC(F)F. The number of para-hydroxylation sites is 1. The van der Waals surface area contributed by atoms with Crippen LogP contribution in [-0.4, -0.2) is 34.6 Å². The molecule has 0 aliphatic carbocycles. The summed E-state index contributed by atoms with van der Waals surface area (Å²) in [7, 11) is 0. The minimum Gasteiger partial charge on any atom is -0.490 e. The third-order valence-corrected chi connectivity index (χ3v) is 2.75. The van der Waals surface area contributed by atoms with Crippen LogP contribution >= 0.6 is 0 Å². The van der Waals surface area contributed by atoms with Crippen LogP contribution in [0.25, 0.3) is 0 Å². The number of nitrogens with zero attached hydrogens (tertiary/aromatic N) is 3. The van der Waals surface area contributed by atoms with Crippen LogP contribution in [0.2, 0.25) is 0 Å². The molecule has 2 N–H and O–H groups in total. The van der Waals surface area contributed by atoms with E-state index in [4.69, 9.17) is 4.74 Å². The first kappa shape index (κ1) is 17.3. The molecule has 0 radical (unpaired) electrons. The summed E-state index contributed by atoms with van der Waals surface area (Å²) >= 11 is 0. The fraction of sp³-hybridized carbons (Fsp3) is 0.286. The number of anilines is 1. The number of rotatable bonds is 7. The van der Waals surface area contributed by atoms with Gasteiger partial charge in [-0.2, -0.15) is 13.9 Å². The second-order valence-corrected chi connectivity index (χ2v) is 4.44. The van der Waals surface area contributed by atoms with E-state index in [1.54, 1.807) is 13.0 Å². The van der Waals surface area contributed by atoms with Crippen LogP contribution in [0, 0.1) is 6.92 Å². The van der Waals surface area contributed by atoms with Gasteiger partial charge >= 0.3 is 6.61 Å². The Morgan fingerprint density at radius 1 is 1.42 bits per heavy atom. The van der Waals surface area contributed by atoms with Crippen molar-refractivity contribution in [1.29, 1.82) is 0 Å². The first-order valence-corrected chi connectivity index (χ1v) is 6.94. The fourth-order valence-electron chi connectivity index (χ4n) is 1.73. The van der Waals surface area contributed by atoms with Crippen molar-refractivity contribution < 1.29 is 18.3 Å². The topological polar surface area (TPSA) is 101 Å². The van der Waals surface area contributed by atoms with E-state index in [-0.39, 0.29) is 28.7 Å². The van der Waals surface area contributed by atoms with Crippen molar-refractivity contribution in [3.8, 4) is 11.5 Å². The van der Waals surface area contributed by atoms with Crippen molar-refractivity contribution in [1.82, 2.24) is 15.2 Å². The molecule has 0 spiro atoms. The van der Waals surface area contributed by atoms with E-state index in [1.807, 2.05) is 0 Å². The summed E-state index contributed by atoms with van der Waals surface area (Å²) in [6.45, 7) is 0.511. The molecule has 10 heteroatoms. The molecule has 128 valence electrons. The average Bonchev–Trinajstić information content (AvgIpc) is 2.53. The molecule has 2 rings (SSSR count). The Balaban J connectivity index is 2.22. The lowest BCUT2D eigenvalue weighted by Gasteiger charge is -2.13. The zero-order chi connectivity index (χ0) is 17.5. The summed E-state index contributed by atoms with van der Waals surface area (Å²) in [6.07, 6.45) is 1.24. The van der Waals surface area contributed by atoms with Crippen LogP contribution in [0.3, 0.4) is 0 Å². The minimum absolute atomic E-state index is 0.0131. The lowest BCUT2D eigenvalue weighted by Crippen LogP contribution is -2.15. The van der Waals surface area contributed by atoms with Crippen LogP contribution in [0.4, 0.5) is 14.7 Å². The summed E-state index contributed by atoms with van der Waals surface area (Å²) in [6, 6.07) is 4.64. The second-order valence-electron chi connectivity index (χ2n) is 4.44. The number of halogens is 2. The highest BCUT2D eigenvalue weighted by Gasteiger charge is 2.14. The minimum atomic E-state index is -3.01. The summed E-state index contributed by atoms with van der Waals surface area (Å²) in [4.78, 5) is 13.8. The zero-order valence-electron chi connectivity index (χ0n) is 12.9. The Bertz CT molecular complexity index is 779. The molecule has 0 amide bonds. The fourth-order valence-corrected chi connectivity index (χ4v) is 1.73. The number of benzene rings is 1. The number of ether oxygens (including phenoxy) is 2. The third-order valence-electron chi connectivity index (χ3n) is 2.75. The van der Waals surface area contributed by atoms with Gasteiger partial charge in [0.15, 0.2) is 11.5 Å². The molecular weight excluding hydrogens is 324 g/mol. The molecule has 0 aliphatic heterocycles. The first-order valence-electron chi connectivity index (χ1n) is 6.94. The van der Waals surface area contributed by atoms with Crippen molar-refractivity contribution in [3.05, 3.63) is 39.8 Å². The Kier molecular flexibility index (Phi) is 5.77. The van der Waals surface area contributed by atoms with Gasteiger partial charge in [-0.25, -0.2) is 5.43 Å². The van der Waals surface area contributed by atoms with Gasteiger partial charge in [0.25, 0.3) is 5.56 Å². The lowest BCUT2D eigenvalue weighted by molar-refractivity contribution is -0.0515. The van der Waals surface area contributed by atoms with E-state index >= 15 is 0 Å². The quantitative estimate of drug-likeness (QED) is 0.590. The molecule has 0 saturated carbocycles. The molecule has 0 fully saturated rings. The maximum atomic E-state index is 12.6.